The quantitative estimate of drug-likeness (QED) is 0.737. The molecular formula is C13H19N3O. The van der Waals surface area contributed by atoms with E-state index < -0.39 is 0 Å². The summed E-state index contributed by atoms with van der Waals surface area (Å²) in [6.45, 7) is 3.68. The largest absolute Gasteiger partial charge is 0.398 e. The molecule has 0 aromatic heterocycles. The molecule has 1 atom stereocenters. The standard InChI is InChI=1S/C13H19N3O/c1-10(9-17-2)8-16-12-3-4-13(15)11(7-12)5-6-14/h3-4,7,10,16H,5,8-9,15H2,1-2H3. The lowest BCUT2D eigenvalue weighted by Gasteiger charge is -2.13. The van der Waals surface area contributed by atoms with E-state index in [9.17, 15) is 0 Å². The molecule has 0 aliphatic rings. The molecule has 0 spiro atoms. The van der Waals surface area contributed by atoms with Crippen molar-refractivity contribution in [2.45, 2.75) is 13.3 Å². The van der Waals surface area contributed by atoms with Crippen LogP contribution in [0.1, 0.15) is 12.5 Å². The van der Waals surface area contributed by atoms with Gasteiger partial charge in [0.05, 0.1) is 19.1 Å². The zero-order valence-corrected chi connectivity index (χ0v) is 10.4. The number of nitriles is 1. The van der Waals surface area contributed by atoms with E-state index in [2.05, 4.69) is 18.3 Å². The zero-order valence-electron chi connectivity index (χ0n) is 10.4. The molecule has 1 aromatic carbocycles. The molecule has 17 heavy (non-hydrogen) atoms. The van der Waals surface area contributed by atoms with Gasteiger partial charge < -0.3 is 15.8 Å². The SMILES string of the molecule is COCC(C)CNc1ccc(N)c(CC#N)c1. The highest BCUT2D eigenvalue weighted by atomic mass is 16.5. The highest BCUT2D eigenvalue weighted by Gasteiger charge is 2.03. The van der Waals surface area contributed by atoms with Gasteiger partial charge in [-0.2, -0.15) is 5.26 Å². The number of rotatable bonds is 6. The topological polar surface area (TPSA) is 71.1 Å². The fourth-order valence-corrected chi connectivity index (χ4v) is 1.59. The molecule has 0 amide bonds. The summed E-state index contributed by atoms with van der Waals surface area (Å²) in [6, 6.07) is 7.79. The van der Waals surface area contributed by atoms with Crippen molar-refractivity contribution in [1.29, 1.82) is 5.26 Å². The highest BCUT2D eigenvalue weighted by molar-refractivity contribution is 5.58. The van der Waals surface area contributed by atoms with Gasteiger partial charge in [0, 0.05) is 25.0 Å². The highest BCUT2D eigenvalue weighted by Crippen LogP contribution is 2.18. The number of ether oxygens (including phenoxy) is 1. The fraction of sp³-hybridized carbons (Fsp3) is 0.462. The van der Waals surface area contributed by atoms with Gasteiger partial charge in [-0.1, -0.05) is 6.92 Å². The van der Waals surface area contributed by atoms with Gasteiger partial charge in [-0.25, -0.2) is 0 Å². The maximum Gasteiger partial charge on any atom is 0.0670 e. The van der Waals surface area contributed by atoms with Crippen LogP contribution >= 0.6 is 0 Å². The number of nitrogens with two attached hydrogens (primary N) is 1. The predicted molar refractivity (Wildman–Crippen MR) is 69.7 cm³/mol. The van der Waals surface area contributed by atoms with Crippen LogP contribution < -0.4 is 11.1 Å². The summed E-state index contributed by atoms with van der Waals surface area (Å²) in [7, 11) is 1.70. The van der Waals surface area contributed by atoms with Crippen LogP contribution in [0.2, 0.25) is 0 Å². The van der Waals surface area contributed by atoms with Crippen LogP contribution in [0.25, 0.3) is 0 Å². The molecular weight excluding hydrogens is 214 g/mol. The second kappa shape index (κ2) is 6.77. The molecule has 0 heterocycles. The first kappa shape index (κ1) is 13.3. The van der Waals surface area contributed by atoms with Gasteiger partial charge in [0.2, 0.25) is 0 Å². The van der Waals surface area contributed by atoms with Crippen LogP contribution in [-0.2, 0) is 11.2 Å². The summed E-state index contributed by atoms with van der Waals surface area (Å²) in [5, 5.41) is 12.0. The second-order valence-electron chi connectivity index (χ2n) is 4.19. The van der Waals surface area contributed by atoms with Crippen molar-refractivity contribution in [1.82, 2.24) is 0 Å². The molecule has 0 saturated carbocycles. The van der Waals surface area contributed by atoms with E-state index in [1.165, 1.54) is 0 Å². The summed E-state index contributed by atoms with van der Waals surface area (Å²) >= 11 is 0. The van der Waals surface area contributed by atoms with Crippen molar-refractivity contribution in [3.63, 3.8) is 0 Å². The number of benzene rings is 1. The first-order chi connectivity index (χ1) is 8.17. The monoisotopic (exact) mass is 233 g/mol. The average Bonchev–Trinajstić information content (AvgIpc) is 2.31. The molecule has 0 fully saturated rings. The minimum atomic E-state index is 0.342. The van der Waals surface area contributed by atoms with Crippen molar-refractivity contribution < 1.29 is 4.74 Å². The van der Waals surface area contributed by atoms with Gasteiger partial charge in [0.1, 0.15) is 0 Å². The number of nitrogens with one attached hydrogen (secondary N) is 1. The van der Waals surface area contributed by atoms with E-state index in [0.29, 0.717) is 18.0 Å². The maximum atomic E-state index is 8.68. The number of hydrogen-bond acceptors (Lipinski definition) is 4. The first-order valence-corrected chi connectivity index (χ1v) is 5.65. The first-order valence-electron chi connectivity index (χ1n) is 5.65. The van der Waals surface area contributed by atoms with Crippen LogP contribution in [0.15, 0.2) is 18.2 Å². The number of anilines is 2. The van der Waals surface area contributed by atoms with Crippen LogP contribution in [0.5, 0.6) is 0 Å². The van der Waals surface area contributed by atoms with Crippen LogP contribution in [0, 0.1) is 17.2 Å². The Morgan fingerprint density at radius 3 is 2.94 bits per heavy atom. The molecule has 0 bridgehead atoms. The van der Waals surface area contributed by atoms with Crippen molar-refractivity contribution in [3.05, 3.63) is 23.8 Å². The van der Waals surface area contributed by atoms with Crippen molar-refractivity contribution in [3.8, 4) is 6.07 Å². The Kier molecular flexibility index (Phi) is 5.31. The summed E-state index contributed by atoms with van der Waals surface area (Å²) < 4.78 is 5.07. The van der Waals surface area contributed by atoms with Crippen molar-refractivity contribution in [2.75, 3.05) is 31.3 Å². The third-order valence-corrected chi connectivity index (χ3v) is 2.52. The number of nitrogen functional groups attached to an aromatic ring is 1. The molecule has 0 radical (unpaired) electrons. The smallest absolute Gasteiger partial charge is 0.0670 e. The van der Waals surface area contributed by atoms with Gasteiger partial charge in [-0.05, 0) is 29.7 Å². The van der Waals surface area contributed by atoms with Crippen molar-refractivity contribution >= 4 is 11.4 Å². The molecule has 1 aromatic rings. The third-order valence-electron chi connectivity index (χ3n) is 2.52. The Hall–Kier alpha value is -1.73. The molecule has 0 aliphatic carbocycles. The lowest BCUT2D eigenvalue weighted by atomic mass is 10.1. The average molecular weight is 233 g/mol. The Labute approximate surface area is 102 Å². The predicted octanol–water partition coefficient (Wildman–Crippen LogP) is 2.03. The summed E-state index contributed by atoms with van der Waals surface area (Å²) in [5.74, 6) is 0.442. The number of methoxy groups -OCH3 is 1. The Morgan fingerprint density at radius 2 is 2.29 bits per heavy atom. The van der Waals surface area contributed by atoms with Crippen LogP contribution in [-0.4, -0.2) is 20.3 Å². The minimum Gasteiger partial charge on any atom is -0.398 e. The Bertz CT molecular complexity index is 398. The third kappa shape index (κ3) is 4.33. The molecule has 4 heteroatoms. The van der Waals surface area contributed by atoms with E-state index in [0.717, 1.165) is 24.4 Å². The maximum absolute atomic E-state index is 8.68. The minimum absolute atomic E-state index is 0.342. The second-order valence-corrected chi connectivity index (χ2v) is 4.19. The molecule has 3 N–H and O–H groups in total. The van der Waals surface area contributed by atoms with Crippen molar-refractivity contribution in [2.24, 2.45) is 5.92 Å². The van der Waals surface area contributed by atoms with E-state index in [1.54, 1.807) is 7.11 Å². The lowest BCUT2D eigenvalue weighted by molar-refractivity contribution is 0.164. The van der Waals surface area contributed by atoms with Gasteiger partial charge >= 0.3 is 0 Å². The molecule has 4 nitrogen and oxygen atoms in total. The Balaban J connectivity index is 2.60. The van der Waals surface area contributed by atoms with E-state index in [4.69, 9.17) is 15.7 Å². The van der Waals surface area contributed by atoms with Crippen LogP contribution in [0.3, 0.4) is 0 Å². The van der Waals surface area contributed by atoms with Gasteiger partial charge in [0.25, 0.3) is 0 Å². The summed E-state index contributed by atoms with van der Waals surface area (Å²) in [5.41, 5.74) is 8.31. The molecule has 1 rings (SSSR count). The van der Waals surface area contributed by atoms with E-state index >= 15 is 0 Å². The lowest BCUT2D eigenvalue weighted by Crippen LogP contribution is -2.15. The fourth-order valence-electron chi connectivity index (χ4n) is 1.59. The number of nitrogens with zero attached hydrogens (tertiary/aromatic N) is 1. The molecule has 92 valence electrons. The van der Waals surface area contributed by atoms with E-state index in [1.807, 2.05) is 18.2 Å². The Morgan fingerprint density at radius 1 is 1.53 bits per heavy atom. The number of hydrogen-bond donors (Lipinski definition) is 2. The molecule has 0 saturated heterocycles. The molecule has 1 unspecified atom stereocenters. The van der Waals surface area contributed by atoms with Gasteiger partial charge in [-0.3, -0.25) is 0 Å². The van der Waals surface area contributed by atoms with Crippen LogP contribution in [0.4, 0.5) is 11.4 Å². The summed E-state index contributed by atoms with van der Waals surface area (Å²) in [4.78, 5) is 0. The zero-order chi connectivity index (χ0) is 12.7. The van der Waals surface area contributed by atoms with Gasteiger partial charge in [-0.15, -0.1) is 0 Å². The molecule has 0 aliphatic heterocycles. The van der Waals surface area contributed by atoms with E-state index in [-0.39, 0.29) is 0 Å². The normalized spacial score (nSPS) is 11.8. The summed E-state index contributed by atoms with van der Waals surface area (Å²) in [6.07, 6.45) is 0.342. The van der Waals surface area contributed by atoms with Gasteiger partial charge in [0.15, 0.2) is 0 Å².